The van der Waals surface area contributed by atoms with Crippen LogP contribution < -0.4 is 0 Å². The molecule has 132 valence electrons. The topological polar surface area (TPSA) is 33.5 Å². The second kappa shape index (κ2) is 6.85. The molecule has 3 atom stereocenters. The zero-order chi connectivity index (χ0) is 17.4. The Labute approximate surface area is 159 Å². The highest BCUT2D eigenvalue weighted by Gasteiger charge is 2.56. The number of rotatable bonds is 1. The van der Waals surface area contributed by atoms with E-state index in [2.05, 4.69) is 47.2 Å². The molecule has 0 radical (unpaired) electrons. The van der Waals surface area contributed by atoms with Crippen LogP contribution in [0, 0.1) is 16.7 Å². The smallest absolute Gasteiger partial charge is 0.0914 e. The Hall–Kier alpha value is -1.19. The van der Waals surface area contributed by atoms with Gasteiger partial charge < -0.3 is 4.90 Å². The van der Waals surface area contributed by atoms with Crippen molar-refractivity contribution in [2.75, 3.05) is 39.0 Å². The largest absolute Gasteiger partial charge is 0.304 e. The quantitative estimate of drug-likeness (QED) is 0.520. The van der Waals surface area contributed by atoms with Gasteiger partial charge in [-0.1, -0.05) is 18.2 Å². The van der Waals surface area contributed by atoms with Crippen LogP contribution in [0.3, 0.4) is 0 Å². The molecule has 0 bridgehead atoms. The highest BCUT2D eigenvalue weighted by Crippen LogP contribution is 2.58. The predicted molar refractivity (Wildman–Crippen MR) is 104 cm³/mol. The van der Waals surface area contributed by atoms with Gasteiger partial charge in [-0.05, 0) is 30.7 Å². The lowest BCUT2D eigenvalue weighted by Gasteiger charge is -2.50. The fourth-order valence-electron chi connectivity index (χ4n) is 4.54. The van der Waals surface area contributed by atoms with Crippen molar-refractivity contribution in [2.24, 2.45) is 5.41 Å². The Morgan fingerprint density at radius 3 is 2.92 bits per heavy atom. The van der Waals surface area contributed by atoms with E-state index in [1.54, 1.807) is 6.08 Å². The molecule has 0 aromatic heterocycles. The molecule has 2 saturated heterocycles. The molecule has 0 aromatic carbocycles. The Balaban J connectivity index is 1.76. The molecule has 4 rings (SSSR count). The Morgan fingerprint density at radius 2 is 2.16 bits per heavy atom. The van der Waals surface area contributed by atoms with Gasteiger partial charge in [0.25, 0.3) is 0 Å². The van der Waals surface area contributed by atoms with Crippen LogP contribution in [0.25, 0.3) is 0 Å². The van der Waals surface area contributed by atoms with E-state index >= 15 is 0 Å². The number of nitrogens with zero attached hydrogens (tertiary/aromatic N) is 4. The molecule has 2 fully saturated rings. The molecular weight excluding hydrogens is 352 g/mol. The van der Waals surface area contributed by atoms with Crippen LogP contribution >= 0.6 is 23.5 Å². The fraction of sp³-hybridized carbons (Fsp3) is 0.526. The van der Waals surface area contributed by atoms with Crippen LogP contribution in [-0.4, -0.2) is 64.6 Å². The van der Waals surface area contributed by atoms with E-state index in [1.807, 2.05) is 22.4 Å². The van der Waals surface area contributed by atoms with Crippen molar-refractivity contribution >= 4 is 23.5 Å². The van der Waals surface area contributed by atoms with Crippen LogP contribution in [-0.2, 0) is 0 Å². The lowest BCUT2D eigenvalue weighted by atomic mass is 9.66. The number of likely N-dealkylation sites (N-methyl/N-ethyl adjacent to an activating group) is 1. The Morgan fingerprint density at radius 1 is 1.36 bits per heavy atom. The number of allylic oxidation sites excluding steroid dienone is 5. The standard InChI is InChI=1S/C19H23ClN4S/c1-22-9-11-23(12-10-22)18-19-13-15(6-7-21)4-5-17(19)24(20)8-2-3-16(19)14-25-18/h2-6,8,17-18H,9-14H2,1H3/b15-6-. The van der Waals surface area contributed by atoms with Gasteiger partial charge in [0.2, 0.25) is 0 Å². The predicted octanol–water partition coefficient (Wildman–Crippen LogP) is 2.98. The normalized spacial score (nSPS) is 37.4. The van der Waals surface area contributed by atoms with Crippen LogP contribution in [0.5, 0.6) is 0 Å². The maximum absolute atomic E-state index is 9.16. The summed E-state index contributed by atoms with van der Waals surface area (Å²) in [5.74, 6) is 1.04. The summed E-state index contributed by atoms with van der Waals surface area (Å²) in [5.41, 5.74) is 2.50. The Kier molecular flexibility index (Phi) is 4.72. The number of thioether (sulfide) groups is 1. The minimum atomic E-state index is -0.0662. The first-order valence-electron chi connectivity index (χ1n) is 8.78. The third-order valence-corrected chi connectivity index (χ3v) is 7.70. The van der Waals surface area contributed by atoms with Crippen molar-refractivity contribution in [1.29, 1.82) is 5.26 Å². The molecule has 4 aliphatic rings. The zero-order valence-corrected chi connectivity index (χ0v) is 16.0. The summed E-state index contributed by atoms with van der Waals surface area (Å²) in [5, 5.41) is 9.55. The van der Waals surface area contributed by atoms with E-state index in [0.29, 0.717) is 5.37 Å². The molecule has 1 aliphatic carbocycles. The van der Waals surface area contributed by atoms with E-state index in [1.165, 1.54) is 5.57 Å². The zero-order valence-electron chi connectivity index (χ0n) is 14.4. The first-order valence-corrected chi connectivity index (χ1v) is 10.2. The van der Waals surface area contributed by atoms with Gasteiger partial charge in [-0.3, -0.25) is 9.32 Å². The minimum Gasteiger partial charge on any atom is -0.304 e. The van der Waals surface area contributed by atoms with Crippen molar-refractivity contribution < 1.29 is 0 Å². The summed E-state index contributed by atoms with van der Waals surface area (Å²) in [4.78, 5) is 5.03. The van der Waals surface area contributed by atoms with E-state index < -0.39 is 0 Å². The number of nitriles is 1. The summed E-state index contributed by atoms with van der Waals surface area (Å²) >= 11 is 8.69. The lowest BCUT2D eigenvalue weighted by molar-refractivity contribution is 0.0755. The van der Waals surface area contributed by atoms with E-state index in [4.69, 9.17) is 17.0 Å². The third kappa shape index (κ3) is 2.86. The summed E-state index contributed by atoms with van der Waals surface area (Å²) in [7, 11) is 2.19. The minimum absolute atomic E-state index is 0.0662. The molecule has 6 heteroatoms. The first kappa shape index (κ1) is 17.2. The molecule has 4 nitrogen and oxygen atoms in total. The third-order valence-electron chi connectivity index (χ3n) is 5.86. The molecule has 3 aliphatic heterocycles. The number of halogens is 1. The van der Waals surface area contributed by atoms with Gasteiger partial charge in [0, 0.05) is 61.4 Å². The molecule has 0 N–H and O–H groups in total. The lowest BCUT2D eigenvalue weighted by Crippen LogP contribution is -2.57. The summed E-state index contributed by atoms with van der Waals surface area (Å²) in [6.07, 6.45) is 13.1. The summed E-state index contributed by atoms with van der Waals surface area (Å²) in [6, 6.07) is 2.33. The SMILES string of the molecule is CN1CCN(C2SCC3=CC=CN(Cl)C4C=C/C(=C/C#N)CC342)CC1. The van der Waals surface area contributed by atoms with Crippen LogP contribution in [0.2, 0.25) is 0 Å². The van der Waals surface area contributed by atoms with Crippen LogP contribution in [0.15, 0.2) is 47.7 Å². The highest BCUT2D eigenvalue weighted by molar-refractivity contribution is 8.00. The van der Waals surface area contributed by atoms with E-state index in [0.717, 1.165) is 43.9 Å². The summed E-state index contributed by atoms with van der Waals surface area (Å²) in [6.45, 7) is 4.39. The number of hydrogen-bond acceptors (Lipinski definition) is 5. The second-order valence-corrected chi connectivity index (χ2v) is 8.71. The molecule has 1 spiro atoms. The van der Waals surface area contributed by atoms with Gasteiger partial charge in [-0.2, -0.15) is 5.26 Å². The van der Waals surface area contributed by atoms with Crippen molar-refractivity contribution in [3.8, 4) is 6.07 Å². The molecule has 0 saturated carbocycles. The maximum atomic E-state index is 9.16. The first-order chi connectivity index (χ1) is 12.1. The molecule has 0 aromatic rings. The van der Waals surface area contributed by atoms with Crippen molar-refractivity contribution in [1.82, 2.24) is 14.2 Å². The Bertz CT molecular complexity index is 699. The van der Waals surface area contributed by atoms with Gasteiger partial charge in [-0.25, -0.2) is 0 Å². The monoisotopic (exact) mass is 374 g/mol. The fourth-order valence-corrected chi connectivity index (χ4v) is 6.64. The van der Waals surface area contributed by atoms with Crippen molar-refractivity contribution in [3.05, 3.63) is 47.7 Å². The van der Waals surface area contributed by atoms with Crippen LogP contribution in [0.4, 0.5) is 0 Å². The molecule has 3 unspecified atom stereocenters. The van der Waals surface area contributed by atoms with Gasteiger partial charge in [-0.15, -0.1) is 11.8 Å². The second-order valence-electron chi connectivity index (χ2n) is 7.25. The van der Waals surface area contributed by atoms with Crippen molar-refractivity contribution in [3.63, 3.8) is 0 Å². The van der Waals surface area contributed by atoms with Crippen molar-refractivity contribution in [2.45, 2.75) is 17.8 Å². The number of hydrogen-bond donors (Lipinski definition) is 0. The summed E-state index contributed by atoms with van der Waals surface area (Å²) < 4.78 is 1.83. The average molecular weight is 375 g/mol. The molecule has 25 heavy (non-hydrogen) atoms. The molecule has 0 amide bonds. The van der Waals surface area contributed by atoms with Gasteiger partial charge in [0.05, 0.1) is 17.5 Å². The number of piperazine rings is 1. The highest BCUT2D eigenvalue weighted by atomic mass is 35.5. The molecular formula is C19H23ClN4S. The van der Waals surface area contributed by atoms with E-state index in [9.17, 15) is 0 Å². The maximum Gasteiger partial charge on any atom is 0.0914 e. The van der Waals surface area contributed by atoms with Gasteiger partial charge >= 0.3 is 0 Å². The molecule has 3 heterocycles. The van der Waals surface area contributed by atoms with E-state index in [-0.39, 0.29) is 11.5 Å². The average Bonchev–Trinajstić information content (AvgIpc) is 2.87. The van der Waals surface area contributed by atoms with Gasteiger partial charge in [0.15, 0.2) is 0 Å². The van der Waals surface area contributed by atoms with Gasteiger partial charge in [0.1, 0.15) is 0 Å². The van der Waals surface area contributed by atoms with Crippen LogP contribution in [0.1, 0.15) is 6.42 Å².